The van der Waals surface area contributed by atoms with E-state index < -0.39 is 11.5 Å². The number of nitrogen functional groups attached to an aromatic ring is 1. The summed E-state index contributed by atoms with van der Waals surface area (Å²) in [6.45, 7) is 3.05. The zero-order valence-corrected chi connectivity index (χ0v) is 10.3. The summed E-state index contributed by atoms with van der Waals surface area (Å²) >= 11 is 0. The summed E-state index contributed by atoms with van der Waals surface area (Å²) in [6.07, 6.45) is 0. The molecule has 0 aromatic heterocycles. The molecular formula is C12H15N3O3. The van der Waals surface area contributed by atoms with Crippen LogP contribution in [-0.2, 0) is 9.59 Å². The molecule has 0 atom stereocenters. The predicted molar refractivity (Wildman–Crippen MR) is 67.1 cm³/mol. The maximum Gasteiger partial charge on any atom is 0.271 e. The van der Waals surface area contributed by atoms with Crippen LogP contribution in [0.5, 0.6) is 5.75 Å². The third-order valence-corrected chi connectivity index (χ3v) is 2.74. The number of anilines is 2. The first-order chi connectivity index (χ1) is 8.33. The van der Waals surface area contributed by atoms with Gasteiger partial charge < -0.3 is 16.2 Å². The van der Waals surface area contributed by atoms with E-state index in [4.69, 9.17) is 16.2 Å². The van der Waals surface area contributed by atoms with E-state index in [1.165, 1.54) is 4.90 Å². The number of fused-ring (bicyclic) bond motifs is 1. The van der Waals surface area contributed by atoms with Gasteiger partial charge in [0.25, 0.3) is 5.91 Å². The molecule has 1 aliphatic rings. The van der Waals surface area contributed by atoms with Gasteiger partial charge in [-0.25, -0.2) is 0 Å². The minimum absolute atomic E-state index is 0.215. The quantitative estimate of drug-likeness (QED) is 0.734. The van der Waals surface area contributed by atoms with Crippen LogP contribution in [0.1, 0.15) is 13.8 Å². The van der Waals surface area contributed by atoms with Crippen molar-refractivity contribution in [1.29, 1.82) is 0 Å². The number of primary amides is 1. The summed E-state index contributed by atoms with van der Waals surface area (Å²) in [5.41, 5.74) is 10.7. The van der Waals surface area contributed by atoms with Crippen LogP contribution in [0.25, 0.3) is 0 Å². The summed E-state index contributed by atoms with van der Waals surface area (Å²) < 4.78 is 5.60. The van der Waals surface area contributed by atoms with Crippen molar-refractivity contribution >= 4 is 23.2 Å². The number of benzene rings is 1. The van der Waals surface area contributed by atoms with E-state index in [0.29, 0.717) is 17.1 Å². The standard InChI is InChI=1S/C12H15N3O3/c1-12(2)11(17)15(6-9(14)16)10-7(13)4-3-5-8(10)18-12/h3-5H,6,13H2,1-2H3,(H2,14,16). The number of ether oxygens (including phenoxy) is 1. The fourth-order valence-electron chi connectivity index (χ4n) is 1.96. The number of hydrogen-bond donors (Lipinski definition) is 2. The van der Waals surface area contributed by atoms with Crippen molar-refractivity contribution in [2.45, 2.75) is 19.4 Å². The Hall–Kier alpha value is -2.24. The van der Waals surface area contributed by atoms with Crippen LogP contribution in [0, 0.1) is 0 Å². The second-order valence-electron chi connectivity index (χ2n) is 4.66. The van der Waals surface area contributed by atoms with E-state index in [2.05, 4.69) is 0 Å². The van der Waals surface area contributed by atoms with Crippen LogP contribution in [-0.4, -0.2) is 24.0 Å². The molecule has 2 amide bonds. The van der Waals surface area contributed by atoms with E-state index in [1.54, 1.807) is 32.0 Å². The number of nitrogens with two attached hydrogens (primary N) is 2. The van der Waals surface area contributed by atoms with Gasteiger partial charge in [-0.15, -0.1) is 0 Å². The first-order valence-electron chi connectivity index (χ1n) is 5.50. The first kappa shape index (κ1) is 12.2. The van der Waals surface area contributed by atoms with Crippen LogP contribution in [0.4, 0.5) is 11.4 Å². The molecule has 0 aliphatic carbocycles. The number of carbonyl (C=O) groups is 2. The number of rotatable bonds is 2. The molecule has 0 saturated heterocycles. The normalized spacial score (nSPS) is 17.0. The molecule has 18 heavy (non-hydrogen) atoms. The Labute approximate surface area is 104 Å². The minimum Gasteiger partial charge on any atom is -0.476 e. The van der Waals surface area contributed by atoms with Gasteiger partial charge in [0.1, 0.15) is 18.0 Å². The van der Waals surface area contributed by atoms with E-state index in [9.17, 15) is 9.59 Å². The predicted octanol–water partition coefficient (Wildman–Crippen LogP) is 0.258. The molecule has 96 valence electrons. The van der Waals surface area contributed by atoms with Crippen molar-refractivity contribution in [1.82, 2.24) is 0 Å². The lowest BCUT2D eigenvalue weighted by Gasteiger charge is -2.38. The summed E-state index contributed by atoms with van der Waals surface area (Å²) in [5, 5.41) is 0. The average Bonchev–Trinajstić information content (AvgIpc) is 2.23. The maximum atomic E-state index is 12.2. The minimum atomic E-state index is -1.05. The van der Waals surface area contributed by atoms with E-state index in [-0.39, 0.29) is 12.5 Å². The van der Waals surface area contributed by atoms with Crippen LogP contribution in [0.3, 0.4) is 0 Å². The Morgan fingerprint density at radius 3 is 2.72 bits per heavy atom. The third kappa shape index (κ3) is 1.85. The zero-order chi connectivity index (χ0) is 13.5. The molecule has 1 heterocycles. The number of hydrogen-bond acceptors (Lipinski definition) is 4. The highest BCUT2D eigenvalue weighted by Gasteiger charge is 2.42. The first-order valence-corrected chi connectivity index (χ1v) is 5.50. The Balaban J connectivity index is 2.57. The maximum absolute atomic E-state index is 12.2. The second kappa shape index (κ2) is 3.90. The second-order valence-corrected chi connectivity index (χ2v) is 4.66. The number of nitrogens with zero attached hydrogens (tertiary/aromatic N) is 1. The highest BCUT2D eigenvalue weighted by molar-refractivity contribution is 6.07. The molecule has 0 radical (unpaired) electrons. The van der Waals surface area contributed by atoms with Gasteiger partial charge >= 0.3 is 0 Å². The number of amides is 2. The van der Waals surface area contributed by atoms with Crippen molar-refractivity contribution in [2.75, 3.05) is 17.2 Å². The Kier molecular flexibility index (Phi) is 2.65. The fraction of sp³-hybridized carbons (Fsp3) is 0.333. The van der Waals surface area contributed by atoms with Crippen LogP contribution < -0.4 is 21.1 Å². The molecule has 0 saturated carbocycles. The topological polar surface area (TPSA) is 98.7 Å². The van der Waals surface area contributed by atoms with Crippen molar-refractivity contribution in [3.63, 3.8) is 0 Å². The van der Waals surface area contributed by atoms with Gasteiger partial charge in [-0.1, -0.05) is 6.07 Å². The van der Waals surface area contributed by atoms with Crippen molar-refractivity contribution in [3.8, 4) is 5.75 Å². The molecule has 6 nitrogen and oxygen atoms in total. The van der Waals surface area contributed by atoms with Gasteiger partial charge in [-0.3, -0.25) is 14.5 Å². The van der Waals surface area contributed by atoms with Gasteiger partial charge in [0.05, 0.1) is 5.69 Å². The molecule has 0 bridgehead atoms. The molecular weight excluding hydrogens is 234 g/mol. The summed E-state index contributed by atoms with van der Waals surface area (Å²) in [6, 6.07) is 5.07. The lowest BCUT2D eigenvalue weighted by atomic mass is 10.0. The SMILES string of the molecule is CC1(C)Oc2cccc(N)c2N(CC(N)=O)C1=O. The summed E-state index contributed by atoms with van der Waals surface area (Å²) in [7, 11) is 0. The lowest BCUT2D eigenvalue weighted by Crippen LogP contribution is -2.54. The summed E-state index contributed by atoms with van der Waals surface area (Å²) in [4.78, 5) is 24.6. The monoisotopic (exact) mass is 249 g/mol. The van der Waals surface area contributed by atoms with Gasteiger partial charge in [0.15, 0.2) is 5.60 Å². The van der Waals surface area contributed by atoms with Crippen molar-refractivity contribution in [2.24, 2.45) is 5.73 Å². The van der Waals surface area contributed by atoms with E-state index in [1.807, 2.05) is 0 Å². The molecule has 6 heteroatoms. The smallest absolute Gasteiger partial charge is 0.271 e. The van der Waals surface area contributed by atoms with Crippen molar-refractivity contribution < 1.29 is 14.3 Å². The molecule has 2 rings (SSSR count). The Bertz CT molecular complexity index is 525. The average molecular weight is 249 g/mol. The van der Waals surface area contributed by atoms with Crippen LogP contribution in [0.2, 0.25) is 0 Å². The molecule has 4 N–H and O–H groups in total. The van der Waals surface area contributed by atoms with Gasteiger partial charge in [0, 0.05) is 0 Å². The molecule has 1 aromatic rings. The van der Waals surface area contributed by atoms with Gasteiger partial charge in [0.2, 0.25) is 5.91 Å². The van der Waals surface area contributed by atoms with Crippen LogP contribution in [0.15, 0.2) is 18.2 Å². The molecule has 0 unspecified atom stereocenters. The lowest BCUT2D eigenvalue weighted by molar-refractivity contribution is -0.133. The molecule has 0 fully saturated rings. The Morgan fingerprint density at radius 1 is 1.44 bits per heavy atom. The third-order valence-electron chi connectivity index (χ3n) is 2.74. The van der Waals surface area contributed by atoms with Gasteiger partial charge in [-0.2, -0.15) is 0 Å². The molecule has 1 aliphatic heterocycles. The highest BCUT2D eigenvalue weighted by atomic mass is 16.5. The zero-order valence-electron chi connectivity index (χ0n) is 10.3. The Morgan fingerprint density at radius 2 is 2.11 bits per heavy atom. The summed E-state index contributed by atoms with van der Waals surface area (Å²) in [5.74, 6) is -0.470. The van der Waals surface area contributed by atoms with E-state index in [0.717, 1.165) is 0 Å². The fourth-order valence-corrected chi connectivity index (χ4v) is 1.96. The number of para-hydroxylation sites is 1. The largest absolute Gasteiger partial charge is 0.476 e. The molecule has 1 aromatic carbocycles. The van der Waals surface area contributed by atoms with E-state index >= 15 is 0 Å². The van der Waals surface area contributed by atoms with Gasteiger partial charge in [-0.05, 0) is 26.0 Å². The molecule has 0 spiro atoms. The van der Waals surface area contributed by atoms with Crippen molar-refractivity contribution in [3.05, 3.63) is 18.2 Å². The highest BCUT2D eigenvalue weighted by Crippen LogP contribution is 2.41. The number of carbonyl (C=O) groups excluding carboxylic acids is 2. The van der Waals surface area contributed by atoms with Crippen LogP contribution >= 0.6 is 0 Å².